The molecule has 0 saturated heterocycles. The van der Waals surface area contributed by atoms with Gasteiger partial charge in [-0.25, -0.2) is 17.9 Å². The molecule has 4 rings (SSSR count). The summed E-state index contributed by atoms with van der Waals surface area (Å²) in [7, 11) is -3.59. The number of rotatable bonds is 7. The van der Waals surface area contributed by atoms with E-state index in [1.165, 1.54) is 5.56 Å². The first-order chi connectivity index (χ1) is 14.4. The molecule has 1 aliphatic carbocycles. The number of hydrogen-bond donors (Lipinski definition) is 4. The van der Waals surface area contributed by atoms with Crippen LogP contribution in [0.3, 0.4) is 0 Å². The SMILES string of the molecule is O=C(CCCNS(=O)(=O)c1ccc2c(c1)CCCC2)Nc1ccc2[nH]c(=O)[nH]c2c1. The van der Waals surface area contributed by atoms with Crippen LogP contribution in [0.1, 0.15) is 36.8 Å². The van der Waals surface area contributed by atoms with Crippen molar-refractivity contribution in [3.63, 3.8) is 0 Å². The van der Waals surface area contributed by atoms with Crippen LogP contribution in [0, 0.1) is 0 Å². The molecule has 0 saturated carbocycles. The highest BCUT2D eigenvalue weighted by molar-refractivity contribution is 7.89. The molecule has 0 fully saturated rings. The molecule has 3 aromatic rings. The summed E-state index contributed by atoms with van der Waals surface area (Å²) in [5.41, 5.74) is 3.88. The standard InChI is InChI=1S/C21H24N4O4S/c26-20(23-16-8-10-18-19(13-16)25-21(27)24-18)6-3-11-22-30(28,29)17-9-7-14-4-1-2-5-15(14)12-17/h7-10,12-13,22H,1-6,11H2,(H,23,26)(H2,24,25,27). The van der Waals surface area contributed by atoms with Crippen LogP contribution in [-0.4, -0.2) is 30.8 Å². The lowest BCUT2D eigenvalue weighted by Crippen LogP contribution is -2.26. The van der Waals surface area contributed by atoms with Gasteiger partial charge in [0, 0.05) is 18.7 Å². The first kappa shape index (κ1) is 20.4. The Labute approximate surface area is 174 Å². The summed E-state index contributed by atoms with van der Waals surface area (Å²) in [6.45, 7) is 0.178. The molecule has 1 amide bonds. The molecule has 9 heteroatoms. The van der Waals surface area contributed by atoms with E-state index in [-0.39, 0.29) is 29.5 Å². The second kappa shape index (κ2) is 8.45. The van der Waals surface area contributed by atoms with E-state index >= 15 is 0 Å². The number of benzene rings is 2. The lowest BCUT2D eigenvalue weighted by atomic mass is 9.92. The molecular formula is C21H24N4O4S. The van der Waals surface area contributed by atoms with E-state index in [2.05, 4.69) is 20.0 Å². The van der Waals surface area contributed by atoms with Crippen molar-refractivity contribution < 1.29 is 13.2 Å². The highest BCUT2D eigenvalue weighted by Crippen LogP contribution is 2.24. The fraction of sp³-hybridized carbons (Fsp3) is 0.333. The summed E-state index contributed by atoms with van der Waals surface area (Å²) < 4.78 is 27.6. The molecular weight excluding hydrogens is 404 g/mol. The van der Waals surface area contributed by atoms with Crippen LogP contribution in [0.25, 0.3) is 11.0 Å². The van der Waals surface area contributed by atoms with E-state index in [0.29, 0.717) is 23.1 Å². The smallest absolute Gasteiger partial charge is 0.323 e. The molecule has 158 valence electrons. The van der Waals surface area contributed by atoms with Crippen molar-refractivity contribution in [2.24, 2.45) is 0 Å². The van der Waals surface area contributed by atoms with Crippen LogP contribution in [0.2, 0.25) is 0 Å². The van der Waals surface area contributed by atoms with Crippen LogP contribution in [0.15, 0.2) is 46.1 Å². The van der Waals surface area contributed by atoms with Crippen molar-refractivity contribution in [1.29, 1.82) is 0 Å². The van der Waals surface area contributed by atoms with Gasteiger partial charge < -0.3 is 15.3 Å². The summed E-state index contributed by atoms with van der Waals surface area (Å²) in [5, 5.41) is 2.75. The number of sulfonamides is 1. The Morgan fingerprint density at radius 3 is 2.57 bits per heavy atom. The number of nitrogens with one attached hydrogen (secondary N) is 4. The van der Waals surface area contributed by atoms with Crippen LogP contribution >= 0.6 is 0 Å². The maximum atomic E-state index is 12.5. The quantitative estimate of drug-likeness (QED) is 0.432. The lowest BCUT2D eigenvalue weighted by molar-refractivity contribution is -0.116. The summed E-state index contributed by atoms with van der Waals surface area (Å²) in [6.07, 6.45) is 4.71. The summed E-state index contributed by atoms with van der Waals surface area (Å²) in [5.74, 6) is -0.222. The third-order valence-electron chi connectivity index (χ3n) is 5.30. The predicted octanol–water partition coefficient (Wildman–Crippen LogP) is 2.43. The monoisotopic (exact) mass is 428 g/mol. The number of hydrogen-bond acceptors (Lipinski definition) is 4. The third kappa shape index (κ3) is 4.63. The highest BCUT2D eigenvalue weighted by atomic mass is 32.2. The fourth-order valence-electron chi connectivity index (χ4n) is 3.75. The van der Waals surface area contributed by atoms with Gasteiger partial charge in [0.05, 0.1) is 15.9 Å². The fourth-order valence-corrected chi connectivity index (χ4v) is 4.87. The zero-order chi connectivity index (χ0) is 21.1. The average molecular weight is 429 g/mol. The van der Waals surface area contributed by atoms with Gasteiger partial charge in [-0.2, -0.15) is 0 Å². The second-order valence-corrected chi connectivity index (χ2v) is 9.29. The Hall–Kier alpha value is -2.91. The zero-order valence-electron chi connectivity index (χ0n) is 16.5. The van der Waals surface area contributed by atoms with E-state index in [9.17, 15) is 18.0 Å². The molecule has 0 radical (unpaired) electrons. The number of fused-ring (bicyclic) bond motifs is 2. The van der Waals surface area contributed by atoms with Crippen LogP contribution in [-0.2, 0) is 27.7 Å². The van der Waals surface area contributed by atoms with Crippen molar-refractivity contribution in [3.05, 3.63) is 58.0 Å². The van der Waals surface area contributed by atoms with E-state index in [4.69, 9.17) is 0 Å². The van der Waals surface area contributed by atoms with Gasteiger partial charge in [0.1, 0.15) is 0 Å². The lowest BCUT2D eigenvalue weighted by Gasteiger charge is -2.16. The molecule has 0 unspecified atom stereocenters. The molecule has 4 N–H and O–H groups in total. The maximum absolute atomic E-state index is 12.5. The molecule has 0 bridgehead atoms. The van der Waals surface area contributed by atoms with E-state index in [0.717, 1.165) is 31.2 Å². The Morgan fingerprint density at radius 1 is 0.967 bits per heavy atom. The van der Waals surface area contributed by atoms with Gasteiger partial charge in [0.15, 0.2) is 0 Å². The topological polar surface area (TPSA) is 124 Å². The van der Waals surface area contributed by atoms with Gasteiger partial charge in [-0.05, 0) is 73.6 Å². The van der Waals surface area contributed by atoms with Crippen molar-refractivity contribution in [3.8, 4) is 0 Å². The van der Waals surface area contributed by atoms with Crippen molar-refractivity contribution in [2.75, 3.05) is 11.9 Å². The molecule has 1 aromatic heterocycles. The predicted molar refractivity (Wildman–Crippen MR) is 115 cm³/mol. The Kier molecular flexibility index (Phi) is 5.74. The van der Waals surface area contributed by atoms with Gasteiger partial charge in [-0.1, -0.05) is 6.07 Å². The van der Waals surface area contributed by atoms with E-state index in [1.54, 1.807) is 30.3 Å². The van der Waals surface area contributed by atoms with Gasteiger partial charge in [0.2, 0.25) is 15.9 Å². The average Bonchev–Trinajstić information content (AvgIpc) is 3.10. The first-order valence-electron chi connectivity index (χ1n) is 10.0. The molecule has 30 heavy (non-hydrogen) atoms. The molecule has 1 heterocycles. The van der Waals surface area contributed by atoms with Crippen LogP contribution in [0.5, 0.6) is 0 Å². The molecule has 0 aliphatic heterocycles. The number of aryl methyl sites for hydroxylation is 2. The number of aromatic nitrogens is 2. The summed E-state index contributed by atoms with van der Waals surface area (Å²) >= 11 is 0. The van der Waals surface area contributed by atoms with E-state index in [1.807, 2.05) is 6.07 Å². The summed E-state index contributed by atoms with van der Waals surface area (Å²) in [4.78, 5) is 29.0. The number of carbonyl (C=O) groups is 1. The van der Waals surface area contributed by atoms with Gasteiger partial charge >= 0.3 is 5.69 Å². The maximum Gasteiger partial charge on any atom is 0.323 e. The second-order valence-electron chi connectivity index (χ2n) is 7.53. The third-order valence-corrected chi connectivity index (χ3v) is 6.76. The number of H-pyrrole nitrogens is 2. The van der Waals surface area contributed by atoms with Crippen molar-refractivity contribution in [2.45, 2.75) is 43.4 Å². The first-order valence-corrected chi connectivity index (χ1v) is 11.5. The Balaban J connectivity index is 1.28. The van der Waals surface area contributed by atoms with Crippen LogP contribution < -0.4 is 15.7 Å². The summed E-state index contributed by atoms with van der Waals surface area (Å²) in [6, 6.07) is 10.4. The molecule has 0 atom stereocenters. The van der Waals surface area contributed by atoms with E-state index < -0.39 is 10.0 Å². The largest absolute Gasteiger partial charge is 0.326 e. The van der Waals surface area contributed by atoms with Crippen LogP contribution in [0.4, 0.5) is 5.69 Å². The highest BCUT2D eigenvalue weighted by Gasteiger charge is 2.17. The zero-order valence-corrected chi connectivity index (χ0v) is 17.3. The molecule has 1 aliphatic rings. The minimum absolute atomic E-state index is 0.175. The van der Waals surface area contributed by atoms with Crippen molar-refractivity contribution >= 4 is 32.7 Å². The molecule has 2 aromatic carbocycles. The molecule has 8 nitrogen and oxygen atoms in total. The number of amides is 1. The van der Waals surface area contributed by atoms with Gasteiger partial charge in [-0.15, -0.1) is 0 Å². The van der Waals surface area contributed by atoms with Crippen molar-refractivity contribution in [1.82, 2.24) is 14.7 Å². The Morgan fingerprint density at radius 2 is 1.73 bits per heavy atom. The number of imidazole rings is 1. The minimum Gasteiger partial charge on any atom is -0.326 e. The molecule has 0 spiro atoms. The minimum atomic E-state index is -3.59. The number of carbonyl (C=O) groups excluding carboxylic acids is 1. The normalized spacial score (nSPS) is 13.9. The Bertz CT molecular complexity index is 1240. The van der Waals surface area contributed by atoms with Gasteiger partial charge in [0.25, 0.3) is 0 Å². The number of aromatic amines is 2. The number of anilines is 1. The van der Waals surface area contributed by atoms with Gasteiger partial charge in [-0.3, -0.25) is 4.79 Å².